The summed E-state index contributed by atoms with van der Waals surface area (Å²) in [7, 11) is 0. The number of nitrogens with zero attached hydrogens (tertiary/aromatic N) is 2. The number of aromatic nitrogens is 1. The second-order valence-corrected chi connectivity index (χ2v) is 8.07. The third-order valence-electron chi connectivity index (χ3n) is 5.50. The number of hydrogen-bond acceptors (Lipinski definition) is 5. The molecule has 4 rings (SSSR count). The molecule has 0 aliphatic rings. The number of aromatic carboxylic acids is 1. The summed E-state index contributed by atoms with van der Waals surface area (Å²) in [6.07, 6.45) is 4.37. The molecule has 3 N–H and O–H groups in total. The maximum atomic E-state index is 13.0. The van der Waals surface area contributed by atoms with Crippen molar-refractivity contribution in [3.8, 4) is 0 Å². The van der Waals surface area contributed by atoms with Gasteiger partial charge in [0.1, 0.15) is 0 Å². The van der Waals surface area contributed by atoms with Crippen molar-refractivity contribution < 1.29 is 14.7 Å². The number of carbonyl (C=O) groups excluding carboxylic acids is 1. The maximum Gasteiger partial charge on any atom is 0.335 e. The highest BCUT2D eigenvalue weighted by atomic mass is 16.4. The van der Waals surface area contributed by atoms with Crippen LogP contribution in [-0.2, 0) is 6.42 Å². The first-order valence-electron chi connectivity index (χ1n) is 11.4. The van der Waals surface area contributed by atoms with E-state index >= 15 is 0 Å². The van der Waals surface area contributed by atoms with Gasteiger partial charge in [-0.15, -0.1) is 0 Å². The highest BCUT2D eigenvalue weighted by Crippen LogP contribution is 2.18. The zero-order valence-corrected chi connectivity index (χ0v) is 19.1. The van der Waals surface area contributed by atoms with E-state index in [2.05, 4.69) is 33.0 Å². The Bertz CT molecular complexity index is 1350. The Labute approximate surface area is 203 Å². The van der Waals surface area contributed by atoms with Gasteiger partial charge in [0, 0.05) is 11.9 Å². The number of hydrazone groups is 1. The number of para-hydroxylation sites is 1. The molecule has 3 aromatic carbocycles. The Morgan fingerprint density at radius 2 is 1.71 bits per heavy atom. The van der Waals surface area contributed by atoms with E-state index in [0.29, 0.717) is 29.0 Å². The van der Waals surface area contributed by atoms with Gasteiger partial charge in [-0.3, -0.25) is 10.2 Å². The van der Waals surface area contributed by atoms with Crippen LogP contribution in [0.15, 0.2) is 90.0 Å². The van der Waals surface area contributed by atoms with Crippen LogP contribution in [0.4, 0.5) is 5.69 Å². The minimum absolute atomic E-state index is 0.153. The number of benzene rings is 3. The number of rotatable bonds is 10. The van der Waals surface area contributed by atoms with E-state index < -0.39 is 5.97 Å². The third-order valence-corrected chi connectivity index (χ3v) is 5.50. The van der Waals surface area contributed by atoms with Crippen LogP contribution in [0.1, 0.15) is 44.8 Å². The summed E-state index contributed by atoms with van der Waals surface area (Å²) in [4.78, 5) is 28.7. The number of pyridine rings is 1. The third kappa shape index (κ3) is 6.51. The van der Waals surface area contributed by atoms with Crippen molar-refractivity contribution >= 4 is 34.7 Å². The molecule has 1 amide bonds. The summed E-state index contributed by atoms with van der Waals surface area (Å²) >= 11 is 0. The Kier molecular flexibility index (Phi) is 7.81. The quantitative estimate of drug-likeness (QED) is 0.171. The lowest BCUT2D eigenvalue weighted by Crippen LogP contribution is -2.25. The molecule has 7 nitrogen and oxygen atoms in total. The maximum absolute atomic E-state index is 13.0. The SMILES string of the molecule is O=C(O)c1cccc(N/N=C/c2cc(C(=O)NCCCCc3ccccc3)c3ccccc3n2)c1. The Morgan fingerprint density at radius 3 is 2.54 bits per heavy atom. The van der Waals surface area contributed by atoms with Gasteiger partial charge in [-0.25, -0.2) is 9.78 Å². The van der Waals surface area contributed by atoms with E-state index in [4.69, 9.17) is 5.11 Å². The zero-order chi connectivity index (χ0) is 24.5. The highest BCUT2D eigenvalue weighted by Gasteiger charge is 2.12. The fourth-order valence-corrected chi connectivity index (χ4v) is 3.74. The van der Waals surface area contributed by atoms with Crippen molar-refractivity contribution in [3.05, 3.63) is 107 Å². The topological polar surface area (TPSA) is 104 Å². The van der Waals surface area contributed by atoms with Gasteiger partial charge in [0.25, 0.3) is 5.91 Å². The molecule has 4 aromatic rings. The number of hydrogen-bond donors (Lipinski definition) is 3. The van der Waals surface area contributed by atoms with Crippen LogP contribution in [0.25, 0.3) is 10.9 Å². The van der Waals surface area contributed by atoms with Crippen LogP contribution in [0.2, 0.25) is 0 Å². The molecule has 7 heteroatoms. The van der Waals surface area contributed by atoms with E-state index in [1.54, 1.807) is 18.2 Å². The predicted octanol–water partition coefficient (Wildman–Crippen LogP) is 5.13. The molecule has 0 fully saturated rings. The first-order chi connectivity index (χ1) is 17.1. The first-order valence-corrected chi connectivity index (χ1v) is 11.4. The minimum Gasteiger partial charge on any atom is -0.478 e. The number of fused-ring (bicyclic) bond motifs is 1. The molecule has 0 spiro atoms. The van der Waals surface area contributed by atoms with Gasteiger partial charge in [0.2, 0.25) is 0 Å². The van der Waals surface area contributed by atoms with Gasteiger partial charge in [-0.1, -0.05) is 54.6 Å². The number of carbonyl (C=O) groups is 2. The average molecular weight is 467 g/mol. The van der Waals surface area contributed by atoms with Crippen molar-refractivity contribution in [2.24, 2.45) is 5.10 Å². The molecular formula is C28H26N4O3. The summed E-state index contributed by atoms with van der Waals surface area (Å²) in [5.41, 5.74) is 6.55. The molecule has 0 atom stereocenters. The number of anilines is 1. The van der Waals surface area contributed by atoms with Crippen molar-refractivity contribution in [1.29, 1.82) is 0 Å². The minimum atomic E-state index is -1.01. The first kappa shape index (κ1) is 23.6. The average Bonchev–Trinajstić information content (AvgIpc) is 2.88. The summed E-state index contributed by atoms with van der Waals surface area (Å²) in [6, 6.07) is 25.9. The van der Waals surface area contributed by atoms with Gasteiger partial charge < -0.3 is 10.4 Å². The molecule has 0 bridgehead atoms. The predicted molar refractivity (Wildman–Crippen MR) is 138 cm³/mol. The van der Waals surface area contributed by atoms with Gasteiger partial charge in [0.15, 0.2) is 0 Å². The number of carboxylic acid groups (broad SMARTS) is 1. The molecule has 0 radical (unpaired) electrons. The Morgan fingerprint density at radius 1 is 0.914 bits per heavy atom. The Hall–Kier alpha value is -4.52. The zero-order valence-electron chi connectivity index (χ0n) is 19.1. The lowest BCUT2D eigenvalue weighted by atomic mass is 10.1. The van der Waals surface area contributed by atoms with Crippen LogP contribution in [-0.4, -0.2) is 34.7 Å². The molecular weight excluding hydrogens is 440 g/mol. The summed E-state index contributed by atoms with van der Waals surface area (Å²) in [5.74, 6) is -1.16. The van der Waals surface area contributed by atoms with Crippen molar-refractivity contribution in [2.45, 2.75) is 19.3 Å². The Balaban J connectivity index is 1.42. The fraction of sp³-hybridized carbons (Fsp3) is 0.143. The summed E-state index contributed by atoms with van der Waals surface area (Å²) < 4.78 is 0. The van der Waals surface area contributed by atoms with Gasteiger partial charge >= 0.3 is 5.97 Å². The van der Waals surface area contributed by atoms with Crippen LogP contribution >= 0.6 is 0 Å². The van der Waals surface area contributed by atoms with Gasteiger partial charge in [-0.2, -0.15) is 5.10 Å². The van der Waals surface area contributed by atoms with Crippen LogP contribution in [0.3, 0.4) is 0 Å². The normalized spacial score (nSPS) is 11.0. The molecule has 0 unspecified atom stereocenters. The fourth-order valence-electron chi connectivity index (χ4n) is 3.74. The van der Waals surface area contributed by atoms with Crippen LogP contribution in [0.5, 0.6) is 0 Å². The molecule has 1 aromatic heterocycles. The highest BCUT2D eigenvalue weighted by molar-refractivity contribution is 6.07. The van der Waals surface area contributed by atoms with Crippen molar-refractivity contribution in [2.75, 3.05) is 12.0 Å². The molecule has 1 heterocycles. The van der Waals surface area contributed by atoms with E-state index in [1.807, 2.05) is 42.5 Å². The number of aryl methyl sites for hydroxylation is 1. The summed E-state index contributed by atoms with van der Waals surface area (Å²) in [6.45, 7) is 0.590. The van der Waals surface area contributed by atoms with Gasteiger partial charge in [0.05, 0.1) is 34.2 Å². The van der Waals surface area contributed by atoms with Crippen LogP contribution < -0.4 is 10.7 Å². The molecule has 0 aliphatic heterocycles. The molecule has 176 valence electrons. The molecule has 0 saturated carbocycles. The van der Waals surface area contributed by atoms with E-state index in [9.17, 15) is 9.59 Å². The standard InChI is InChI=1S/C28H26N4O3/c33-27(29-16-7-6-11-20-9-2-1-3-10-20)25-18-23(31-26-15-5-4-14-24(25)26)19-30-32-22-13-8-12-21(17-22)28(34)35/h1-5,8-10,12-15,17-19,32H,6-7,11,16H2,(H,29,33)(H,34,35)/b30-19+. The number of amides is 1. The van der Waals surface area contributed by atoms with Gasteiger partial charge in [-0.05, 0) is 55.2 Å². The molecule has 0 saturated heterocycles. The van der Waals surface area contributed by atoms with Crippen molar-refractivity contribution in [3.63, 3.8) is 0 Å². The number of unbranched alkanes of at least 4 members (excludes halogenated alkanes) is 1. The lowest BCUT2D eigenvalue weighted by molar-refractivity contribution is 0.0696. The van der Waals surface area contributed by atoms with E-state index in [0.717, 1.165) is 24.6 Å². The van der Waals surface area contributed by atoms with E-state index in [1.165, 1.54) is 23.9 Å². The second-order valence-electron chi connectivity index (χ2n) is 8.07. The van der Waals surface area contributed by atoms with E-state index in [-0.39, 0.29) is 11.5 Å². The number of carboxylic acids is 1. The lowest BCUT2D eigenvalue weighted by Gasteiger charge is -2.09. The monoisotopic (exact) mass is 466 g/mol. The smallest absolute Gasteiger partial charge is 0.335 e. The molecule has 35 heavy (non-hydrogen) atoms. The second kappa shape index (κ2) is 11.6. The van der Waals surface area contributed by atoms with Crippen LogP contribution in [0, 0.1) is 0 Å². The summed E-state index contributed by atoms with van der Waals surface area (Å²) in [5, 5.41) is 17.1. The largest absolute Gasteiger partial charge is 0.478 e. The number of nitrogens with one attached hydrogen (secondary N) is 2. The molecule has 0 aliphatic carbocycles. The van der Waals surface area contributed by atoms with Crippen molar-refractivity contribution in [1.82, 2.24) is 10.3 Å².